The third-order valence-corrected chi connectivity index (χ3v) is 2.29. The van der Waals surface area contributed by atoms with Gasteiger partial charge < -0.3 is 10.1 Å². The number of rotatable bonds is 5. The van der Waals surface area contributed by atoms with Crippen LogP contribution in [0.4, 0.5) is 0 Å². The van der Waals surface area contributed by atoms with Crippen LogP contribution in [0.25, 0.3) is 11.0 Å². The van der Waals surface area contributed by atoms with Gasteiger partial charge in [0.05, 0.1) is 29.5 Å². The van der Waals surface area contributed by atoms with Crippen molar-refractivity contribution in [1.29, 1.82) is 0 Å². The standard InChI is InChI=1S/C12H15N3O/c1-16-7-6-13-8-10-9-14-11-4-2-3-5-12(11)15-10/h2-5,9,13H,6-8H2,1H3. The number of fused-ring (bicyclic) bond motifs is 1. The Hall–Kier alpha value is -1.52. The van der Waals surface area contributed by atoms with Crippen LogP contribution in [0.3, 0.4) is 0 Å². The summed E-state index contributed by atoms with van der Waals surface area (Å²) in [7, 11) is 1.69. The minimum atomic E-state index is 0.709. The van der Waals surface area contributed by atoms with Crippen LogP contribution in [0, 0.1) is 0 Å². The first-order valence-electron chi connectivity index (χ1n) is 5.30. The second-order valence-corrected chi connectivity index (χ2v) is 3.52. The average molecular weight is 217 g/mol. The SMILES string of the molecule is COCCNCc1cnc2ccccc2n1. The molecule has 0 saturated carbocycles. The van der Waals surface area contributed by atoms with E-state index in [9.17, 15) is 0 Å². The minimum Gasteiger partial charge on any atom is -0.383 e. The maximum atomic E-state index is 4.95. The lowest BCUT2D eigenvalue weighted by molar-refractivity contribution is 0.199. The van der Waals surface area contributed by atoms with Crippen molar-refractivity contribution in [3.63, 3.8) is 0 Å². The molecule has 4 heteroatoms. The zero-order chi connectivity index (χ0) is 11.2. The van der Waals surface area contributed by atoms with Gasteiger partial charge in [-0.15, -0.1) is 0 Å². The third-order valence-electron chi connectivity index (χ3n) is 2.29. The number of methoxy groups -OCH3 is 1. The van der Waals surface area contributed by atoms with Crippen molar-refractivity contribution in [2.24, 2.45) is 0 Å². The minimum absolute atomic E-state index is 0.709. The summed E-state index contributed by atoms with van der Waals surface area (Å²) >= 11 is 0. The van der Waals surface area contributed by atoms with Gasteiger partial charge in [0.2, 0.25) is 0 Å². The smallest absolute Gasteiger partial charge is 0.0890 e. The molecule has 16 heavy (non-hydrogen) atoms. The molecule has 0 radical (unpaired) electrons. The molecular weight excluding hydrogens is 202 g/mol. The molecule has 0 aliphatic heterocycles. The van der Waals surface area contributed by atoms with Crippen molar-refractivity contribution in [2.45, 2.75) is 6.54 Å². The fourth-order valence-electron chi connectivity index (χ4n) is 1.47. The summed E-state index contributed by atoms with van der Waals surface area (Å²) in [6.07, 6.45) is 1.81. The Morgan fingerprint density at radius 2 is 2.06 bits per heavy atom. The molecule has 2 aromatic rings. The molecule has 1 N–H and O–H groups in total. The number of para-hydroxylation sites is 2. The molecule has 4 nitrogen and oxygen atoms in total. The summed E-state index contributed by atoms with van der Waals surface area (Å²) in [5, 5.41) is 3.24. The highest BCUT2D eigenvalue weighted by atomic mass is 16.5. The number of ether oxygens (including phenoxy) is 1. The molecule has 84 valence electrons. The van der Waals surface area contributed by atoms with Crippen LogP contribution in [0.2, 0.25) is 0 Å². The summed E-state index contributed by atoms with van der Waals surface area (Å²) in [6, 6.07) is 7.87. The van der Waals surface area contributed by atoms with Crippen LogP contribution < -0.4 is 5.32 Å². The molecule has 1 heterocycles. The number of nitrogens with one attached hydrogen (secondary N) is 1. The molecule has 0 aliphatic carbocycles. The van der Waals surface area contributed by atoms with Crippen molar-refractivity contribution < 1.29 is 4.74 Å². The van der Waals surface area contributed by atoms with E-state index in [4.69, 9.17) is 4.74 Å². The van der Waals surface area contributed by atoms with E-state index in [0.29, 0.717) is 6.61 Å². The normalized spacial score (nSPS) is 10.8. The lowest BCUT2D eigenvalue weighted by atomic mass is 10.3. The third kappa shape index (κ3) is 2.74. The fourth-order valence-corrected chi connectivity index (χ4v) is 1.47. The Morgan fingerprint density at radius 3 is 2.88 bits per heavy atom. The highest BCUT2D eigenvalue weighted by Crippen LogP contribution is 2.07. The highest BCUT2D eigenvalue weighted by molar-refractivity contribution is 5.73. The zero-order valence-electron chi connectivity index (χ0n) is 9.31. The molecule has 0 unspecified atom stereocenters. The Balaban J connectivity index is 2.02. The van der Waals surface area contributed by atoms with Crippen molar-refractivity contribution in [3.8, 4) is 0 Å². The molecule has 1 aromatic heterocycles. The van der Waals surface area contributed by atoms with E-state index in [1.165, 1.54) is 0 Å². The number of hydrogen-bond donors (Lipinski definition) is 1. The first-order valence-corrected chi connectivity index (χ1v) is 5.30. The van der Waals surface area contributed by atoms with Crippen molar-refractivity contribution in [3.05, 3.63) is 36.2 Å². The number of benzene rings is 1. The predicted octanol–water partition coefficient (Wildman–Crippen LogP) is 1.37. The molecule has 0 fully saturated rings. The van der Waals surface area contributed by atoms with Gasteiger partial charge in [-0.2, -0.15) is 0 Å². The van der Waals surface area contributed by atoms with Crippen LogP contribution in [0.15, 0.2) is 30.5 Å². The van der Waals surface area contributed by atoms with Gasteiger partial charge in [0.1, 0.15) is 0 Å². The molecule has 0 atom stereocenters. The van der Waals surface area contributed by atoms with Crippen molar-refractivity contribution >= 4 is 11.0 Å². The Bertz CT molecular complexity index is 459. The first kappa shape index (κ1) is 11.0. The molecular formula is C12H15N3O. The second-order valence-electron chi connectivity index (χ2n) is 3.52. The number of nitrogens with zero attached hydrogens (tertiary/aromatic N) is 2. The maximum Gasteiger partial charge on any atom is 0.0890 e. The molecule has 0 bridgehead atoms. The average Bonchev–Trinajstić information content (AvgIpc) is 2.34. The molecule has 0 amide bonds. The van der Waals surface area contributed by atoms with E-state index in [1.807, 2.05) is 30.5 Å². The van der Waals surface area contributed by atoms with Crippen LogP contribution in [-0.2, 0) is 11.3 Å². The molecule has 0 saturated heterocycles. The molecule has 1 aromatic carbocycles. The highest BCUT2D eigenvalue weighted by Gasteiger charge is 1.98. The summed E-state index contributed by atoms with van der Waals surface area (Å²) in [5.74, 6) is 0. The van der Waals surface area contributed by atoms with E-state index in [-0.39, 0.29) is 0 Å². The van der Waals surface area contributed by atoms with E-state index in [0.717, 1.165) is 29.8 Å². The fraction of sp³-hybridized carbons (Fsp3) is 0.333. The van der Waals surface area contributed by atoms with Crippen LogP contribution in [-0.4, -0.2) is 30.2 Å². The van der Waals surface area contributed by atoms with Gasteiger partial charge in [0.15, 0.2) is 0 Å². The Morgan fingerprint density at radius 1 is 1.25 bits per heavy atom. The van der Waals surface area contributed by atoms with Gasteiger partial charge in [-0.25, -0.2) is 4.98 Å². The van der Waals surface area contributed by atoms with Crippen LogP contribution >= 0.6 is 0 Å². The Kier molecular flexibility index (Phi) is 3.80. The first-order chi connectivity index (χ1) is 7.90. The maximum absolute atomic E-state index is 4.95. The second kappa shape index (κ2) is 5.53. The topological polar surface area (TPSA) is 47.0 Å². The largest absolute Gasteiger partial charge is 0.383 e. The molecule has 0 spiro atoms. The molecule has 2 rings (SSSR count). The predicted molar refractivity (Wildman–Crippen MR) is 63.1 cm³/mol. The van der Waals surface area contributed by atoms with E-state index in [1.54, 1.807) is 7.11 Å². The van der Waals surface area contributed by atoms with Gasteiger partial charge in [0.25, 0.3) is 0 Å². The summed E-state index contributed by atoms with van der Waals surface area (Å²) in [5.41, 5.74) is 2.83. The monoisotopic (exact) mass is 217 g/mol. The summed E-state index contributed by atoms with van der Waals surface area (Å²) < 4.78 is 4.95. The zero-order valence-corrected chi connectivity index (χ0v) is 9.31. The summed E-state index contributed by atoms with van der Waals surface area (Å²) in [6.45, 7) is 2.26. The lowest BCUT2D eigenvalue weighted by Gasteiger charge is -2.04. The van der Waals surface area contributed by atoms with Gasteiger partial charge in [0, 0.05) is 20.2 Å². The van der Waals surface area contributed by atoms with Crippen LogP contribution in [0.5, 0.6) is 0 Å². The summed E-state index contributed by atoms with van der Waals surface area (Å²) in [4.78, 5) is 8.85. The number of aromatic nitrogens is 2. The Labute approximate surface area is 94.7 Å². The van der Waals surface area contributed by atoms with E-state index in [2.05, 4.69) is 15.3 Å². The van der Waals surface area contributed by atoms with Gasteiger partial charge in [-0.05, 0) is 12.1 Å². The lowest BCUT2D eigenvalue weighted by Crippen LogP contribution is -2.19. The number of hydrogen-bond acceptors (Lipinski definition) is 4. The van der Waals surface area contributed by atoms with Gasteiger partial charge >= 0.3 is 0 Å². The molecule has 0 aliphatic rings. The van der Waals surface area contributed by atoms with Gasteiger partial charge in [-0.1, -0.05) is 12.1 Å². The van der Waals surface area contributed by atoms with E-state index >= 15 is 0 Å². The van der Waals surface area contributed by atoms with Crippen molar-refractivity contribution in [1.82, 2.24) is 15.3 Å². The van der Waals surface area contributed by atoms with Crippen molar-refractivity contribution in [2.75, 3.05) is 20.3 Å². The van der Waals surface area contributed by atoms with Crippen LogP contribution in [0.1, 0.15) is 5.69 Å². The van der Waals surface area contributed by atoms with E-state index < -0.39 is 0 Å². The van der Waals surface area contributed by atoms with Gasteiger partial charge in [-0.3, -0.25) is 4.98 Å². The quantitative estimate of drug-likeness (QED) is 0.768.